The number of fused-ring (bicyclic) bond motifs is 1. The largest absolute Gasteiger partial charge is 0.502 e. The van der Waals surface area contributed by atoms with Gasteiger partial charge in [0.05, 0.1) is 4.92 Å². The summed E-state index contributed by atoms with van der Waals surface area (Å²) in [6.45, 7) is 0. The molecule has 0 heterocycles. The Morgan fingerprint density at radius 1 is 1.33 bits per heavy atom. The quantitative estimate of drug-likeness (QED) is 0.562. The Morgan fingerprint density at radius 3 is 2.73 bits per heavy atom. The van der Waals surface area contributed by atoms with E-state index < -0.39 is 16.4 Å². The highest BCUT2D eigenvalue weighted by atomic mass is 16.6. The van der Waals surface area contributed by atoms with Gasteiger partial charge in [0.15, 0.2) is 11.5 Å². The number of rotatable bonds is 1. The third-order valence-electron chi connectivity index (χ3n) is 2.55. The van der Waals surface area contributed by atoms with E-state index in [4.69, 9.17) is 0 Å². The first-order valence-electron chi connectivity index (χ1n) is 4.63. The van der Waals surface area contributed by atoms with Crippen molar-refractivity contribution in [1.29, 1.82) is 0 Å². The standard InChI is InChI=1S/C10H9NO4/c12-7-3-1-2-6-4-5-8(13)10(9(6)7)11(14)15/h4-5,13H,1-3H2. The van der Waals surface area contributed by atoms with Gasteiger partial charge in [0.1, 0.15) is 5.56 Å². The van der Waals surface area contributed by atoms with Gasteiger partial charge < -0.3 is 5.11 Å². The maximum atomic E-state index is 11.5. The van der Waals surface area contributed by atoms with Crippen molar-refractivity contribution in [2.24, 2.45) is 0 Å². The summed E-state index contributed by atoms with van der Waals surface area (Å²) in [7, 11) is 0. The zero-order chi connectivity index (χ0) is 11.0. The van der Waals surface area contributed by atoms with Crippen LogP contribution < -0.4 is 0 Å². The summed E-state index contributed by atoms with van der Waals surface area (Å²) < 4.78 is 0. The van der Waals surface area contributed by atoms with Gasteiger partial charge in [-0.05, 0) is 24.5 Å². The highest BCUT2D eigenvalue weighted by Gasteiger charge is 2.29. The van der Waals surface area contributed by atoms with E-state index in [0.29, 0.717) is 24.8 Å². The van der Waals surface area contributed by atoms with E-state index in [0.717, 1.165) is 0 Å². The zero-order valence-electron chi connectivity index (χ0n) is 7.90. The fourth-order valence-corrected chi connectivity index (χ4v) is 1.89. The highest BCUT2D eigenvalue weighted by Crippen LogP contribution is 2.36. The van der Waals surface area contributed by atoms with E-state index in [9.17, 15) is 20.0 Å². The molecule has 15 heavy (non-hydrogen) atoms. The second kappa shape index (κ2) is 3.34. The molecule has 0 aliphatic heterocycles. The normalized spacial score (nSPS) is 14.8. The molecule has 78 valence electrons. The number of aromatic hydroxyl groups is 1. The summed E-state index contributed by atoms with van der Waals surface area (Å²) in [6, 6.07) is 2.85. The molecule has 0 unspecified atom stereocenters. The number of benzene rings is 1. The van der Waals surface area contributed by atoms with Crippen LogP contribution >= 0.6 is 0 Å². The number of aryl methyl sites for hydroxylation is 1. The van der Waals surface area contributed by atoms with Crippen molar-refractivity contribution in [2.45, 2.75) is 19.3 Å². The fourth-order valence-electron chi connectivity index (χ4n) is 1.89. The number of nitrogens with zero attached hydrogens (tertiary/aromatic N) is 1. The van der Waals surface area contributed by atoms with E-state index >= 15 is 0 Å². The van der Waals surface area contributed by atoms with Gasteiger partial charge in [-0.25, -0.2) is 0 Å². The second-order valence-corrected chi connectivity index (χ2v) is 3.50. The molecule has 0 saturated heterocycles. The van der Waals surface area contributed by atoms with E-state index in [1.54, 1.807) is 6.07 Å². The van der Waals surface area contributed by atoms with Crippen molar-refractivity contribution in [3.05, 3.63) is 33.4 Å². The minimum atomic E-state index is -0.697. The number of hydrogen-bond donors (Lipinski definition) is 1. The Labute approximate surface area is 85.5 Å². The second-order valence-electron chi connectivity index (χ2n) is 3.50. The first-order valence-corrected chi connectivity index (χ1v) is 4.63. The number of carbonyl (C=O) groups excluding carboxylic acids is 1. The maximum absolute atomic E-state index is 11.5. The van der Waals surface area contributed by atoms with E-state index in [-0.39, 0.29) is 11.3 Å². The lowest BCUT2D eigenvalue weighted by molar-refractivity contribution is -0.386. The van der Waals surface area contributed by atoms with Crippen molar-refractivity contribution >= 4 is 11.5 Å². The summed E-state index contributed by atoms with van der Waals surface area (Å²) in [6.07, 6.45) is 1.69. The maximum Gasteiger partial charge on any atom is 0.321 e. The third kappa shape index (κ3) is 1.45. The molecule has 5 nitrogen and oxygen atoms in total. The van der Waals surface area contributed by atoms with Gasteiger partial charge in [-0.1, -0.05) is 6.07 Å². The predicted octanol–water partition coefficient (Wildman–Crippen LogP) is 1.82. The average molecular weight is 207 g/mol. The highest BCUT2D eigenvalue weighted by molar-refractivity contribution is 6.03. The molecular weight excluding hydrogens is 198 g/mol. The zero-order valence-corrected chi connectivity index (χ0v) is 7.90. The van der Waals surface area contributed by atoms with Crippen molar-refractivity contribution in [2.75, 3.05) is 0 Å². The molecule has 0 atom stereocenters. The Morgan fingerprint density at radius 2 is 2.07 bits per heavy atom. The number of phenolic OH excluding ortho intramolecular Hbond substituents is 1. The van der Waals surface area contributed by atoms with E-state index in [1.165, 1.54) is 6.07 Å². The molecule has 5 heteroatoms. The third-order valence-corrected chi connectivity index (χ3v) is 2.55. The van der Waals surface area contributed by atoms with Crippen LogP contribution in [0, 0.1) is 10.1 Å². The molecule has 1 aromatic rings. The number of nitro groups is 1. The van der Waals surface area contributed by atoms with Gasteiger partial charge in [-0.2, -0.15) is 0 Å². The summed E-state index contributed by atoms with van der Waals surface area (Å²) in [5, 5.41) is 20.1. The van der Waals surface area contributed by atoms with Gasteiger partial charge >= 0.3 is 5.69 Å². The molecular formula is C10H9NO4. The molecule has 0 fully saturated rings. The Kier molecular flexibility index (Phi) is 2.15. The van der Waals surface area contributed by atoms with Gasteiger partial charge in [0.25, 0.3) is 0 Å². The lowest BCUT2D eigenvalue weighted by atomic mass is 9.89. The van der Waals surface area contributed by atoms with Gasteiger partial charge in [-0.15, -0.1) is 0 Å². The number of carbonyl (C=O) groups is 1. The molecule has 1 aromatic carbocycles. The molecule has 0 bridgehead atoms. The average Bonchev–Trinajstić information content (AvgIpc) is 2.18. The van der Waals surface area contributed by atoms with Crippen LogP contribution in [0.4, 0.5) is 5.69 Å². The van der Waals surface area contributed by atoms with E-state index in [2.05, 4.69) is 0 Å². The van der Waals surface area contributed by atoms with Crippen LogP contribution in [0.25, 0.3) is 0 Å². The summed E-state index contributed by atoms with van der Waals surface area (Å²) >= 11 is 0. The Bertz CT molecular complexity index is 453. The first kappa shape index (κ1) is 9.64. The monoisotopic (exact) mass is 207 g/mol. The van der Waals surface area contributed by atoms with Crippen LogP contribution in [0.2, 0.25) is 0 Å². The molecule has 1 aliphatic carbocycles. The van der Waals surface area contributed by atoms with Gasteiger partial charge in [0.2, 0.25) is 0 Å². The smallest absolute Gasteiger partial charge is 0.321 e. The summed E-state index contributed by atoms with van der Waals surface area (Å²) in [4.78, 5) is 21.6. The summed E-state index contributed by atoms with van der Waals surface area (Å²) in [5.74, 6) is -0.687. The number of nitro benzene ring substituents is 1. The minimum Gasteiger partial charge on any atom is -0.502 e. The fraction of sp³-hybridized carbons (Fsp3) is 0.300. The van der Waals surface area contributed by atoms with Crippen LogP contribution in [0.1, 0.15) is 28.8 Å². The van der Waals surface area contributed by atoms with Crippen molar-refractivity contribution in [3.63, 3.8) is 0 Å². The predicted molar refractivity (Wildman–Crippen MR) is 52.0 cm³/mol. The molecule has 0 amide bonds. The van der Waals surface area contributed by atoms with E-state index in [1.807, 2.05) is 0 Å². The molecule has 0 spiro atoms. The van der Waals surface area contributed by atoms with Crippen LogP contribution in [0.15, 0.2) is 12.1 Å². The lowest BCUT2D eigenvalue weighted by Gasteiger charge is -2.14. The van der Waals surface area contributed by atoms with Gasteiger partial charge in [0, 0.05) is 6.42 Å². The van der Waals surface area contributed by atoms with Gasteiger partial charge in [-0.3, -0.25) is 14.9 Å². The molecule has 0 radical (unpaired) electrons. The molecule has 2 rings (SSSR count). The Balaban J connectivity index is 2.71. The van der Waals surface area contributed by atoms with Crippen LogP contribution in [0.5, 0.6) is 5.75 Å². The van der Waals surface area contributed by atoms with Crippen LogP contribution in [-0.2, 0) is 6.42 Å². The number of Topliss-reactive ketones (excluding diaryl/α,β-unsaturated/α-hetero) is 1. The van der Waals surface area contributed by atoms with Crippen molar-refractivity contribution in [3.8, 4) is 5.75 Å². The molecule has 1 aliphatic rings. The molecule has 0 saturated carbocycles. The SMILES string of the molecule is O=C1CCCc2ccc(O)c([N+](=O)[O-])c21. The Hall–Kier alpha value is -1.91. The van der Waals surface area contributed by atoms with Crippen molar-refractivity contribution in [1.82, 2.24) is 0 Å². The summed E-state index contributed by atoms with van der Waals surface area (Å²) in [5.41, 5.74) is 0.305. The van der Waals surface area contributed by atoms with Crippen molar-refractivity contribution < 1.29 is 14.8 Å². The molecule has 1 N–H and O–H groups in total. The first-order chi connectivity index (χ1) is 7.11. The molecule has 0 aromatic heterocycles. The lowest BCUT2D eigenvalue weighted by Crippen LogP contribution is -2.13. The number of phenols is 1. The minimum absolute atomic E-state index is 0.0891. The van der Waals surface area contributed by atoms with Crippen LogP contribution in [-0.4, -0.2) is 15.8 Å². The number of hydrogen-bond acceptors (Lipinski definition) is 4. The number of ketones is 1. The topological polar surface area (TPSA) is 80.4 Å². The van der Waals surface area contributed by atoms with Crippen LogP contribution in [0.3, 0.4) is 0 Å².